The fourth-order valence-electron chi connectivity index (χ4n) is 2.58. The number of rotatable bonds is 3. The summed E-state index contributed by atoms with van der Waals surface area (Å²) in [6.07, 6.45) is 0. The minimum Gasteiger partial charge on any atom is -0.328 e. The van der Waals surface area contributed by atoms with Crippen molar-refractivity contribution in [2.24, 2.45) is 5.73 Å². The van der Waals surface area contributed by atoms with E-state index in [1.165, 1.54) is 0 Å². The van der Waals surface area contributed by atoms with Gasteiger partial charge in [-0.1, -0.05) is 54.1 Å². The van der Waals surface area contributed by atoms with Gasteiger partial charge in [0.2, 0.25) is 5.91 Å². The van der Waals surface area contributed by atoms with Crippen molar-refractivity contribution in [1.82, 2.24) is 4.90 Å². The van der Waals surface area contributed by atoms with E-state index in [-0.39, 0.29) is 11.9 Å². The molecule has 102 valence electrons. The highest BCUT2D eigenvalue weighted by molar-refractivity contribution is 6.30. The maximum Gasteiger partial charge on any atom is 0.242 e. The molecule has 0 saturated carbocycles. The maximum atomic E-state index is 12.0. The molecule has 3 nitrogen and oxygen atoms in total. The normalized spacial score (nSPS) is 21.7. The third-order valence-electron chi connectivity index (χ3n) is 3.65. The van der Waals surface area contributed by atoms with Crippen LogP contribution in [0.1, 0.15) is 17.2 Å². The van der Waals surface area contributed by atoms with E-state index < -0.39 is 6.04 Å². The van der Waals surface area contributed by atoms with Crippen molar-refractivity contribution in [2.75, 3.05) is 0 Å². The SMILES string of the molecule is N[C@H]1C(=O)N(Cc2ccccc2)[C@H]1c1ccc(Cl)cc1. The molecule has 0 aromatic heterocycles. The van der Waals surface area contributed by atoms with Gasteiger partial charge in [-0.15, -0.1) is 0 Å². The molecule has 1 heterocycles. The highest BCUT2D eigenvalue weighted by Gasteiger charge is 2.45. The number of nitrogens with zero attached hydrogens (tertiary/aromatic N) is 1. The van der Waals surface area contributed by atoms with Gasteiger partial charge >= 0.3 is 0 Å². The van der Waals surface area contributed by atoms with Crippen molar-refractivity contribution in [3.8, 4) is 0 Å². The van der Waals surface area contributed by atoms with E-state index in [0.29, 0.717) is 11.6 Å². The number of nitrogens with two attached hydrogens (primary N) is 1. The summed E-state index contributed by atoms with van der Waals surface area (Å²) in [6.45, 7) is 0.584. The van der Waals surface area contributed by atoms with Crippen LogP contribution in [0.3, 0.4) is 0 Å². The standard InChI is InChI=1S/C16H15ClN2O/c17-13-8-6-12(7-9-13)15-14(18)16(20)19(15)10-11-4-2-1-3-5-11/h1-9,14-15H,10,18H2/t14-,15+/m1/s1. The van der Waals surface area contributed by atoms with Crippen molar-refractivity contribution >= 4 is 17.5 Å². The Bertz CT molecular complexity index is 612. The van der Waals surface area contributed by atoms with Gasteiger partial charge in [0.15, 0.2) is 0 Å². The zero-order valence-electron chi connectivity index (χ0n) is 10.9. The molecule has 1 fully saturated rings. The highest BCUT2D eigenvalue weighted by atomic mass is 35.5. The molecule has 3 rings (SSSR count). The van der Waals surface area contributed by atoms with Crippen LogP contribution >= 0.6 is 11.6 Å². The van der Waals surface area contributed by atoms with Gasteiger partial charge in [-0.2, -0.15) is 0 Å². The second-order valence-electron chi connectivity index (χ2n) is 4.97. The number of hydrogen-bond acceptors (Lipinski definition) is 2. The molecule has 0 aliphatic carbocycles. The summed E-state index contributed by atoms with van der Waals surface area (Å²) >= 11 is 5.90. The first-order valence-electron chi connectivity index (χ1n) is 6.52. The predicted molar refractivity (Wildman–Crippen MR) is 79.2 cm³/mol. The number of β-lactam (4-membered cyclic amide) rings is 1. The number of halogens is 1. The number of hydrogen-bond donors (Lipinski definition) is 1. The lowest BCUT2D eigenvalue weighted by Gasteiger charge is -2.45. The molecule has 2 N–H and O–H groups in total. The average molecular weight is 287 g/mol. The third-order valence-corrected chi connectivity index (χ3v) is 3.90. The van der Waals surface area contributed by atoms with Crippen LogP contribution in [0, 0.1) is 0 Å². The van der Waals surface area contributed by atoms with Crippen LogP contribution in [0.4, 0.5) is 0 Å². The number of amides is 1. The largest absolute Gasteiger partial charge is 0.328 e. The topological polar surface area (TPSA) is 46.3 Å². The molecule has 0 radical (unpaired) electrons. The molecule has 0 spiro atoms. The molecular weight excluding hydrogens is 272 g/mol. The predicted octanol–water partition coefficient (Wildman–Crippen LogP) is 2.75. The molecule has 4 heteroatoms. The average Bonchev–Trinajstić information content (AvgIpc) is 2.49. The zero-order chi connectivity index (χ0) is 14.1. The molecular formula is C16H15ClN2O. The van der Waals surface area contributed by atoms with Crippen molar-refractivity contribution in [2.45, 2.75) is 18.6 Å². The lowest BCUT2D eigenvalue weighted by atomic mass is 9.88. The first-order chi connectivity index (χ1) is 9.66. The molecule has 1 amide bonds. The van der Waals surface area contributed by atoms with Crippen molar-refractivity contribution in [3.63, 3.8) is 0 Å². The highest BCUT2D eigenvalue weighted by Crippen LogP contribution is 2.35. The van der Waals surface area contributed by atoms with Gasteiger partial charge in [0.1, 0.15) is 6.04 Å². The van der Waals surface area contributed by atoms with Crippen LogP contribution in [0.2, 0.25) is 5.02 Å². The Kier molecular flexibility index (Phi) is 3.47. The monoisotopic (exact) mass is 286 g/mol. The Morgan fingerprint density at radius 2 is 1.70 bits per heavy atom. The van der Waals surface area contributed by atoms with Gasteiger partial charge in [0.25, 0.3) is 0 Å². The fourth-order valence-corrected chi connectivity index (χ4v) is 2.70. The summed E-state index contributed by atoms with van der Waals surface area (Å²) in [4.78, 5) is 13.8. The van der Waals surface area contributed by atoms with Crippen LogP contribution in [0.15, 0.2) is 54.6 Å². The molecule has 1 saturated heterocycles. The Labute approximate surface area is 123 Å². The maximum absolute atomic E-state index is 12.0. The van der Waals surface area contributed by atoms with Crippen molar-refractivity contribution in [3.05, 3.63) is 70.7 Å². The quantitative estimate of drug-likeness (QED) is 0.882. The lowest BCUT2D eigenvalue weighted by Crippen LogP contribution is -2.62. The summed E-state index contributed by atoms with van der Waals surface area (Å²) in [5.74, 6) is -0.00574. The number of carbonyl (C=O) groups is 1. The lowest BCUT2D eigenvalue weighted by molar-refractivity contribution is -0.150. The molecule has 20 heavy (non-hydrogen) atoms. The molecule has 0 bridgehead atoms. The van der Waals surface area contributed by atoms with Gasteiger partial charge in [0, 0.05) is 11.6 Å². The van der Waals surface area contributed by atoms with Crippen LogP contribution < -0.4 is 5.73 Å². The number of benzene rings is 2. The Morgan fingerprint density at radius 3 is 2.35 bits per heavy atom. The van der Waals surface area contributed by atoms with Gasteiger partial charge in [-0.05, 0) is 23.3 Å². The van der Waals surface area contributed by atoms with E-state index in [2.05, 4.69) is 0 Å². The first kappa shape index (κ1) is 13.2. The minimum atomic E-state index is -0.458. The smallest absolute Gasteiger partial charge is 0.242 e. The van der Waals surface area contributed by atoms with Crippen LogP contribution in [-0.2, 0) is 11.3 Å². The molecule has 1 aliphatic heterocycles. The van der Waals surface area contributed by atoms with E-state index >= 15 is 0 Å². The third kappa shape index (κ3) is 2.30. The first-order valence-corrected chi connectivity index (χ1v) is 6.90. The van der Waals surface area contributed by atoms with Crippen molar-refractivity contribution in [1.29, 1.82) is 0 Å². The summed E-state index contributed by atoms with van der Waals surface area (Å²) in [5.41, 5.74) is 8.09. The second kappa shape index (κ2) is 5.27. The summed E-state index contributed by atoms with van der Waals surface area (Å²) in [5, 5.41) is 0.683. The van der Waals surface area contributed by atoms with E-state index in [1.54, 1.807) is 0 Å². The number of likely N-dealkylation sites (tertiary alicyclic amines) is 1. The van der Waals surface area contributed by atoms with Crippen molar-refractivity contribution < 1.29 is 4.79 Å². The molecule has 2 aromatic rings. The molecule has 0 unspecified atom stereocenters. The van der Waals surface area contributed by atoms with E-state index in [1.807, 2.05) is 59.5 Å². The number of carbonyl (C=O) groups excluding carboxylic acids is 1. The Morgan fingerprint density at radius 1 is 1.05 bits per heavy atom. The molecule has 2 atom stereocenters. The van der Waals surface area contributed by atoms with E-state index in [0.717, 1.165) is 11.1 Å². The summed E-state index contributed by atoms with van der Waals surface area (Å²) in [6, 6.07) is 16.9. The van der Waals surface area contributed by atoms with Gasteiger partial charge in [-0.25, -0.2) is 0 Å². The zero-order valence-corrected chi connectivity index (χ0v) is 11.6. The Hall–Kier alpha value is -1.84. The molecule has 1 aliphatic rings. The summed E-state index contributed by atoms with van der Waals surface area (Å²) < 4.78 is 0. The van der Waals surface area contributed by atoms with Gasteiger partial charge in [-0.3, -0.25) is 4.79 Å². The Balaban J connectivity index is 1.82. The second-order valence-corrected chi connectivity index (χ2v) is 5.41. The van der Waals surface area contributed by atoms with Gasteiger partial charge < -0.3 is 10.6 Å². The van der Waals surface area contributed by atoms with Gasteiger partial charge in [0.05, 0.1) is 6.04 Å². The van der Waals surface area contributed by atoms with Crippen LogP contribution in [-0.4, -0.2) is 16.8 Å². The molecule has 2 aromatic carbocycles. The summed E-state index contributed by atoms with van der Waals surface area (Å²) in [7, 11) is 0. The van der Waals surface area contributed by atoms with E-state index in [4.69, 9.17) is 17.3 Å². The van der Waals surface area contributed by atoms with Crippen LogP contribution in [0.5, 0.6) is 0 Å². The van der Waals surface area contributed by atoms with E-state index in [9.17, 15) is 4.79 Å². The minimum absolute atomic E-state index is 0.00574. The fraction of sp³-hybridized carbons (Fsp3) is 0.188. The van der Waals surface area contributed by atoms with Crippen LogP contribution in [0.25, 0.3) is 0 Å².